The van der Waals surface area contributed by atoms with Crippen LogP contribution in [-0.4, -0.2) is 42.4 Å². The summed E-state index contributed by atoms with van der Waals surface area (Å²) in [5, 5.41) is 5.38. The smallest absolute Gasteiger partial charge is 0.325 e. The van der Waals surface area contributed by atoms with Gasteiger partial charge in [0.1, 0.15) is 11.8 Å². The van der Waals surface area contributed by atoms with Crippen molar-refractivity contribution in [2.45, 2.75) is 25.4 Å². The maximum Gasteiger partial charge on any atom is 0.325 e. The van der Waals surface area contributed by atoms with Gasteiger partial charge in [-0.05, 0) is 29.7 Å². The first kappa shape index (κ1) is 19.4. The van der Waals surface area contributed by atoms with E-state index in [1.807, 2.05) is 54.6 Å². The average Bonchev–Trinajstić information content (AvgIpc) is 2.96. The van der Waals surface area contributed by atoms with E-state index < -0.39 is 12.1 Å². The van der Waals surface area contributed by atoms with Crippen LogP contribution in [0, 0.1) is 0 Å². The van der Waals surface area contributed by atoms with Gasteiger partial charge in [0.05, 0.1) is 20.1 Å². The first-order valence-corrected chi connectivity index (χ1v) is 9.12. The first-order chi connectivity index (χ1) is 13.6. The lowest BCUT2D eigenvalue weighted by molar-refractivity contribution is -0.131. The average molecular weight is 381 g/mol. The Morgan fingerprint density at radius 2 is 1.79 bits per heavy atom. The second kappa shape index (κ2) is 9.03. The molecule has 7 nitrogen and oxygen atoms in total. The number of carbonyl (C=O) groups is 3. The Hall–Kier alpha value is -3.35. The molecule has 2 N–H and O–H groups in total. The Labute approximate surface area is 163 Å². The minimum Gasteiger partial charge on any atom is -0.497 e. The summed E-state index contributed by atoms with van der Waals surface area (Å²) in [4.78, 5) is 37.8. The number of ether oxygens (including phenoxy) is 1. The Kier molecular flexibility index (Phi) is 6.26. The molecule has 0 aliphatic carbocycles. The molecule has 146 valence electrons. The zero-order valence-corrected chi connectivity index (χ0v) is 15.7. The molecule has 1 heterocycles. The van der Waals surface area contributed by atoms with Crippen molar-refractivity contribution >= 4 is 17.8 Å². The SMILES string of the molecule is COc1ccc(CCNC(=O)C[C@@H]2NC(=O)N(Cc3ccccc3)C2=O)cc1. The minimum absolute atomic E-state index is 0.0710. The van der Waals surface area contributed by atoms with Gasteiger partial charge in [-0.3, -0.25) is 14.5 Å². The maximum absolute atomic E-state index is 12.5. The summed E-state index contributed by atoms with van der Waals surface area (Å²) in [6, 6.07) is 15.6. The molecule has 1 aliphatic rings. The van der Waals surface area contributed by atoms with Gasteiger partial charge in [-0.2, -0.15) is 0 Å². The summed E-state index contributed by atoms with van der Waals surface area (Å²) < 4.78 is 5.11. The maximum atomic E-state index is 12.5. The quantitative estimate of drug-likeness (QED) is 0.684. The lowest BCUT2D eigenvalue weighted by Crippen LogP contribution is -2.37. The Balaban J connectivity index is 1.46. The molecular formula is C21H23N3O4. The third kappa shape index (κ3) is 4.88. The lowest BCUT2D eigenvalue weighted by Gasteiger charge is -2.13. The Morgan fingerprint density at radius 1 is 1.07 bits per heavy atom. The Bertz CT molecular complexity index is 836. The second-order valence-corrected chi connectivity index (χ2v) is 6.56. The molecule has 7 heteroatoms. The summed E-state index contributed by atoms with van der Waals surface area (Å²) in [6.07, 6.45) is 0.597. The topological polar surface area (TPSA) is 87.7 Å². The van der Waals surface area contributed by atoms with Crippen molar-refractivity contribution in [3.05, 3.63) is 65.7 Å². The van der Waals surface area contributed by atoms with Crippen molar-refractivity contribution < 1.29 is 19.1 Å². The summed E-state index contributed by atoms with van der Waals surface area (Å²) in [7, 11) is 1.61. The monoisotopic (exact) mass is 381 g/mol. The number of nitrogens with one attached hydrogen (secondary N) is 2. The van der Waals surface area contributed by atoms with Gasteiger partial charge in [0, 0.05) is 6.54 Å². The minimum atomic E-state index is -0.822. The molecule has 2 aromatic carbocycles. The van der Waals surface area contributed by atoms with Gasteiger partial charge in [0.25, 0.3) is 5.91 Å². The van der Waals surface area contributed by atoms with Crippen LogP contribution in [0.5, 0.6) is 5.75 Å². The highest BCUT2D eigenvalue weighted by Crippen LogP contribution is 2.14. The summed E-state index contributed by atoms with van der Waals surface area (Å²) in [5.74, 6) is 0.135. The number of rotatable bonds is 8. The van der Waals surface area contributed by atoms with Gasteiger partial charge < -0.3 is 15.4 Å². The van der Waals surface area contributed by atoms with Crippen LogP contribution in [0.3, 0.4) is 0 Å². The number of urea groups is 1. The molecule has 0 spiro atoms. The van der Waals surface area contributed by atoms with E-state index in [2.05, 4.69) is 10.6 Å². The standard InChI is InChI=1S/C21H23N3O4/c1-28-17-9-7-15(8-10-17)11-12-22-19(25)13-18-20(26)24(21(27)23-18)14-16-5-3-2-4-6-16/h2-10,18H,11-14H2,1H3,(H,22,25)(H,23,27)/t18-/m0/s1. The van der Waals surface area contributed by atoms with Gasteiger partial charge in [0.2, 0.25) is 5.91 Å². The van der Waals surface area contributed by atoms with E-state index in [-0.39, 0.29) is 24.8 Å². The number of nitrogens with zero attached hydrogens (tertiary/aromatic N) is 1. The number of carbonyl (C=O) groups excluding carboxylic acids is 3. The summed E-state index contributed by atoms with van der Waals surface area (Å²) in [6.45, 7) is 0.648. The molecule has 2 aromatic rings. The number of hydrogen-bond acceptors (Lipinski definition) is 4. The predicted molar refractivity (Wildman–Crippen MR) is 104 cm³/mol. The van der Waals surface area contributed by atoms with Crippen LogP contribution in [0.15, 0.2) is 54.6 Å². The third-order valence-electron chi connectivity index (χ3n) is 4.57. The highest BCUT2D eigenvalue weighted by atomic mass is 16.5. The van der Waals surface area contributed by atoms with Crippen molar-refractivity contribution in [1.82, 2.24) is 15.5 Å². The van der Waals surface area contributed by atoms with Gasteiger partial charge in [-0.1, -0.05) is 42.5 Å². The molecule has 1 fully saturated rings. The van der Waals surface area contributed by atoms with E-state index in [9.17, 15) is 14.4 Å². The Morgan fingerprint density at radius 3 is 2.46 bits per heavy atom. The van der Waals surface area contributed by atoms with E-state index in [0.717, 1.165) is 21.8 Å². The molecule has 1 saturated heterocycles. The zero-order chi connectivity index (χ0) is 19.9. The molecule has 0 bridgehead atoms. The molecule has 0 radical (unpaired) electrons. The van der Waals surface area contributed by atoms with Gasteiger partial charge >= 0.3 is 6.03 Å². The molecule has 0 aromatic heterocycles. The van der Waals surface area contributed by atoms with Crippen LogP contribution in [0.4, 0.5) is 4.79 Å². The van der Waals surface area contributed by atoms with Gasteiger partial charge in [0.15, 0.2) is 0 Å². The highest BCUT2D eigenvalue weighted by Gasteiger charge is 2.38. The zero-order valence-electron chi connectivity index (χ0n) is 15.7. The number of methoxy groups -OCH3 is 1. The molecular weight excluding hydrogens is 358 g/mol. The largest absolute Gasteiger partial charge is 0.497 e. The van der Waals surface area contributed by atoms with Crippen molar-refractivity contribution in [2.75, 3.05) is 13.7 Å². The summed E-state index contributed by atoms with van der Waals surface area (Å²) in [5.41, 5.74) is 1.93. The van der Waals surface area contributed by atoms with Crippen LogP contribution in [-0.2, 0) is 22.6 Å². The van der Waals surface area contributed by atoms with Crippen LogP contribution in [0.2, 0.25) is 0 Å². The molecule has 3 rings (SSSR count). The number of hydrogen-bond donors (Lipinski definition) is 2. The summed E-state index contributed by atoms with van der Waals surface area (Å²) >= 11 is 0. The van der Waals surface area contributed by atoms with Crippen molar-refractivity contribution in [1.29, 1.82) is 0 Å². The molecule has 4 amide bonds. The van der Waals surface area contributed by atoms with Crippen LogP contribution < -0.4 is 15.4 Å². The predicted octanol–water partition coefficient (Wildman–Crippen LogP) is 1.86. The normalized spacial score (nSPS) is 16.0. The number of benzene rings is 2. The molecule has 28 heavy (non-hydrogen) atoms. The lowest BCUT2D eigenvalue weighted by atomic mass is 10.1. The van der Waals surface area contributed by atoms with Crippen molar-refractivity contribution in [3.8, 4) is 5.75 Å². The third-order valence-corrected chi connectivity index (χ3v) is 4.57. The van der Waals surface area contributed by atoms with Crippen molar-refractivity contribution in [3.63, 3.8) is 0 Å². The molecule has 1 aliphatic heterocycles. The second-order valence-electron chi connectivity index (χ2n) is 6.56. The fourth-order valence-corrected chi connectivity index (χ4v) is 3.03. The molecule has 1 atom stereocenters. The van der Waals surface area contributed by atoms with E-state index in [4.69, 9.17) is 4.74 Å². The first-order valence-electron chi connectivity index (χ1n) is 9.12. The number of imide groups is 1. The molecule has 0 unspecified atom stereocenters. The van der Waals surface area contributed by atoms with Crippen LogP contribution in [0.1, 0.15) is 17.5 Å². The molecule has 0 saturated carbocycles. The fourth-order valence-electron chi connectivity index (χ4n) is 3.03. The highest BCUT2D eigenvalue weighted by molar-refractivity contribution is 6.05. The van der Waals surface area contributed by atoms with Gasteiger partial charge in [-0.25, -0.2) is 4.79 Å². The number of amides is 4. The van der Waals surface area contributed by atoms with E-state index in [1.54, 1.807) is 7.11 Å². The van der Waals surface area contributed by atoms with Crippen LogP contribution in [0.25, 0.3) is 0 Å². The fraction of sp³-hybridized carbons (Fsp3) is 0.286. The van der Waals surface area contributed by atoms with Crippen LogP contribution >= 0.6 is 0 Å². The van der Waals surface area contributed by atoms with E-state index in [1.165, 1.54) is 0 Å². The van der Waals surface area contributed by atoms with Gasteiger partial charge in [-0.15, -0.1) is 0 Å². The van der Waals surface area contributed by atoms with Crippen molar-refractivity contribution in [2.24, 2.45) is 0 Å². The van der Waals surface area contributed by atoms with E-state index >= 15 is 0 Å². The van der Waals surface area contributed by atoms with E-state index in [0.29, 0.717) is 13.0 Å².